The Kier molecular flexibility index (Phi) is 5.86. The van der Waals surface area contributed by atoms with E-state index in [0.29, 0.717) is 5.84 Å². The topological polar surface area (TPSA) is 70.6 Å². The SMILES string of the molecule is CCC(NCC1CCSCC1)C(N)=NO. The molecule has 0 radical (unpaired) electrons. The molecule has 0 amide bonds. The van der Waals surface area contributed by atoms with Crippen LogP contribution in [0.3, 0.4) is 0 Å². The quantitative estimate of drug-likeness (QED) is 0.288. The van der Waals surface area contributed by atoms with Crippen molar-refractivity contribution in [2.24, 2.45) is 16.8 Å². The first-order valence-electron chi connectivity index (χ1n) is 5.56. The lowest BCUT2D eigenvalue weighted by Gasteiger charge is -2.24. The minimum absolute atomic E-state index is 0.0181. The molecule has 1 aliphatic rings. The van der Waals surface area contributed by atoms with Gasteiger partial charge in [-0.15, -0.1) is 0 Å². The summed E-state index contributed by atoms with van der Waals surface area (Å²) < 4.78 is 0. The molecule has 0 aromatic rings. The van der Waals surface area contributed by atoms with Gasteiger partial charge in [0.15, 0.2) is 5.84 Å². The summed E-state index contributed by atoms with van der Waals surface area (Å²) in [6, 6.07) is 0.0181. The van der Waals surface area contributed by atoms with E-state index in [0.717, 1.165) is 18.9 Å². The Morgan fingerprint density at radius 3 is 2.80 bits per heavy atom. The van der Waals surface area contributed by atoms with Crippen molar-refractivity contribution in [3.63, 3.8) is 0 Å². The van der Waals surface area contributed by atoms with Gasteiger partial charge in [0.05, 0.1) is 6.04 Å². The van der Waals surface area contributed by atoms with E-state index in [4.69, 9.17) is 10.9 Å². The van der Waals surface area contributed by atoms with Crippen molar-refractivity contribution < 1.29 is 5.21 Å². The third-order valence-corrected chi connectivity index (χ3v) is 3.92. The summed E-state index contributed by atoms with van der Waals surface area (Å²) in [6.07, 6.45) is 3.42. The molecular weight excluding hydrogens is 210 g/mol. The van der Waals surface area contributed by atoms with Crippen LogP contribution in [0.1, 0.15) is 26.2 Å². The highest BCUT2D eigenvalue weighted by molar-refractivity contribution is 7.99. The van der Waals surface area contributed by atoms with Crippen LogP contribution in [0.5, 0.6) is 0 Å². The molecule has 1 unspecified atom stereocenters. The van der Waals surface area contributed by atoms with E-state index in [1.165, 1.54) is 24.3 Å². The number of hydrogen-bond acceptors (Lipinski definition) is 4. The molecule has 15 heavy (non-hydrogen) atoms. The summed E-state index contributed by atoms with van der Waals surface area (Å²) in [7, 11) is 0. The minimum atomic E-state index is 0.0181. The van der Waals surface area contributed by atoms with Gasteiger partial charge in [-0.25, -0.2) is 0 Å². The lowest BCUT2D eigenvalue weighted by Crippen LogP contribution is -2.43. The van der Waals surface area contributed by atoms with Crippen molar-refractivity contribution in [2.45, 2.75) is 32.2 Å². The molecule has 1 saturated heterocycles. The summed E-state index contributed by atoms with van der Waals surface area (Å²) in [6.45, 7) is 3.02. The summed E-state index contributed by atoms with van der Waals surface area (Å²) in [5, 5.41) is 15.0. The van der Waals surface area contributed by atoms with Gasteiger partial charge < -0.3 is 16.3 Å². The van der Waals surface area contributed by atoms with Gasteiger partial charge in [-0.05, 0) is 43.2 Å². The first-order chi connectivity index (χ1) is 7.27. The average Bonchev–Trinajstić information content (AvgIpc) is 2.31. The average molecular weight is 231 g/mol. The maximum atomic E-state index is 8.59. The smallest absolute Gasteiger partial charge is 0.156 e. The van der Waals surface area contributed by atoms with E-state index in [1.807, 2.05) is 18.7 Å². The molecule has 1 fully saturated rings. The Hall–Kier alpha value is -0.420. The first-order valence-corrected chi connectivity index (χ1v) is 6.72. The second kappa shape index (κ2) is 6.95. The molecular formula is C10H21N3OS. The Morgan fingerprint density at radius 2 is 2.27 bits per heavy atom. The molecule has 1 heterocycles. The van der Waals surface area contributed by atoms with Crippen molar-refractivity contribution in [1.82, 2.24) is 5.32 Å². The van der Waals surface area contributed by atoms with Crippen molar-refractivity contribution >= 4 is 17.6 Å². The second-order valence-corrected chi connectivity index (χ2v) is 5.17. The van der Waals surface area contributed by atoms with Gasteiger partial charge in [0.1, 0.15) is 0 Å². The molecule has 1 aliphatic heterocycles. The highest BCUT2D eigenvalue weighted by Crippen LogP contribution is 2.21. The molecule has 0 aliphatic carbocycles. The fraction of sp³-hybridized carbons (Fsp3) is 0.900. The largest absolute Gasteiger partial charge is 0.409 e. The molecule has 0 bridgehead atoms. The third kappa shape index (κ3) is 4.30. The van der Waals surface area contributed by atoms with E-state index in [1.54, 1.807) is 0 Å². The molecule has 0 saturated carbocycles. The highest BCUT2D eigenvalue weighted by Gasteiger charge is 2.16. The fourth-order valence-corrected chi connectivity index (χ4v) is 2.99. The summed E-state index contributed by atoms with van der Waals surface area (Å²) in [5.74, 6) is 3.59. The van der Waals surface area contributed by atoms with Gasteiger partial charge in [-0.2, -0.15) is 11.8 Å². The van der Waals surface area contributed by atoms with Gasteiger partial charge in [0.25, 0.3) is 0 Å². The van der Waals surface area contributed by atoms with E-state index in [-0.39, 0.29) is 6.04 Å². The molecule has 4 nitrogen and oxygen atoms in total. The van der Waals surface area contributed by atoms with Gasteiger partial charge in [0, 0.05) is 0 Å². The third-order valence-electron chi connectivity index (χ3n) is 2.87. The fourth-order valence-electron chi connectivity index (χ4n) is 1.79. The van der Waals surface area contributed by atoms with Crippen LogP contribution in [-0.2, 0) is 0 Å². The number of thioether (sulfide) groups is 1. The van der Waals surface area contributed by atoms with Crippen LogP contribution in [0.4, 0.5) is 0 Å². The van der Waals surface area contributed by atoms with Crippen LogP contribution in [-0.4, -0.2) is 35.1 Å². The predicted octanol–water partition coefficient (Wildman–Crippen LogP) is 1.24. The zero-order chi connectivity index (χ0) is 11.1. The van der Waals surface area contributed by atoms with Crippen LogP contribution >= 0.6 is 11.8 Å². The maximum absolute atomic E-state index is 8.59. The number of oxime groups is 1. The van der Waals surface area contributed by atoms with Crippen LogP contribution in [0.25, 0.3) is 0 Å². The summed E-state index contributed by atoms with van der Waals surface area (Å²) in [5.41, 5.74) is 5.58. The van der Waals surface area contributed by atoms with Crippen LogP contribution < -0.4 is 11.1 Å². The maximum Gasteiger partial charge on any atom is 0.156 e. The lowest BCUT2D eigenvalue weighted by atomic mass is 10.0. The molecule has 1 atom stereocenters. The van der Waals surface area contributed by atoms with E-state index < -0.39 is 0 Å². The van der Waals surface area contributed by atoms with Gasteiger partial charge >= 0.3 is 0 Å². The standard InChI is InChI=1S/C10H21N3OS/c1-2-9(10(11)13-14)12-7-8-3-5-15-6-4-8/h8-9,12,14H,2-7H2,1H3,(H2,11,13). The normalized spacial score (nSPS) is 21.5. The zero-order valence-corrected chi connectivity index (χ0v) is 10.1. The van der Waals surface area contributed by atoms with Crippen LogP contribution in [0, 0.1) is 5.92 Å². The predicted molar refractivity (Wildman–Crippen MR) is 65.5 cm³/mol. The van der Waals surface area contributed by atoms with Crippen LogP contribution in [0.15, 0.2) is 5.16 Å². The van der Waals surface area contributed by atoms with Crippen molar-refractivity contribution in [3.05, 3.63) is 0 Å². The number of nitrogens with two attached hydrogens (primary N) is 1. The van der Waals surface area contributed by atoms with Gasteiger partial charge in [0.2, 0.25) is 0 Å². The zero-order valence-electron chi connectivity index (χ0n) is 9.28. The van der Waals surface area contributed by atoms with Crippen molar-refractivity contribution in [3.8, 4) is 0 Å². The van der Waals surface area contributed by atoms with Crippen molar-refractivity contribution in [2.75, 3.05) is 18.1 Å². The number of nitrogens with zero attached hydrogens (tertiary/aromatic N) is 1. The number of hydrogen-bond donors (Lipinski definition) is 3. The molecule has 1 rings (SSSR count). The molecule has 5 heteroatoms. The second-order valence-electron chi connectivity index (χ2n) is 3.95. The number of rotatable bonds is 5. The molecule has 4 N–H and O–H groups in total. The first kappa shape index (κ1) is 12.6. The number of nitrogens with one attached hydrogen (secondary N) is 1. The Balaban J connectivity index is 2.26. The summed E-state index contributed by atoms with van der Waals surface area (Å²) in [4.78, 5) is 0. The molecule has 0 aromatic carbocycles. The Morgan fingerprint density at radius 1 is 1.60 bits per heavy atom. The van der Waals surface area contributed by atoms with E-state index in [2.05, 4.69) is 10.5 Å². The Labute approximate surface area is 95.7 Å². The van der Waals surface area contributed by atoms with E-state index >= 15 is 0 Å². The van der Waals surface area contributed by atoms with Gasteiger partial charge in [-0.3, -0.25) is 0 Å². The lowest BCUT2D eigenvalue weighted by molar-refractivity contribution is 0.313. The Bertz CT molecular complexity index is 205. The summed E-state index contributed by atoms with van der Waals surface area (Å²) >= 11 is 2.03. The van der Waals surface area contributed by atoms with E-state index in [9.17, 15) is 0 Å². The monoisotopic (exact) mass is 231 g/mol. The van der Waals surface area contributed by atoms with Crippen LogP contribution in [0.2, 0.25) is 0 Å². The van der Waals surface area contributed by atoms with Crippen molar-refractivity contribution in [1.29, 1.82) is 0 Å². The molecule has 0 aromatic heterocycles. The molecule has 0 spiro atoms. The number of amidine groups is 1. The van der Waals surface area contributed by atoms with Gasteiger partial charge in [-0.1, -0.05) is 12.1 Å². The minimum Gasteiger partial charge on any atom is -0.409 e. The highest BCUT2D eigenvalue weighted by atomic mass is 32.2. The molecule has 88 valence electrons.